The summed E-state index contributed by atoms with van der Waals surface area (Å²) in [5.74, 6) is -1.76. The van der Waals surface area contributed by atoms with Gasteiger partial charge in [-0.1, -0.05) is 50.2 Å². The molecule has 0 aliphatic rings. The first-order valence-corrected chi connectivity index (χ1v) is 9.25. The van der Waals surface area contributed by atoms with Crippen LogP contribution in [0.25, 0.3) is 0 Å². The summed E-state index contributed by atoms with van der Waals surface area (Å²) in [6.45, 7) is 3.67. The topological polar surface area (TPSA) is 115 Å². The van der Waals surface area contributed by atoms with Gasteiger partial charge in [0.05, 0.1) is 28.7 Å². The molecule has 0 aliphatic carbocycles. The zero-order valence-corrected chi connectivity index (χ0v) is 16.7. The second-order valence-electron chi connectivity index (χ2n) is 5.74. The Balaban J connectivity index is 0.000000391. The van der Waals surface area contributed by atoms with E-state index in [9.17, 15) is 9.59 Å². The SMILES string of the molecule is CCC(O)C(Cl)C(O)CC.O=C(O)c1ccccc1.O=C(O)c1ccccc1. The lowest BCUT2D eigenvalue weighted by molar-refractivity contribution is 0.0686. The van der Waals surface area contributed by atoms with Crippen molar-refractivity contribution in [1.82, 2.24) is 0 Å². The molecule has 0 fully saturated rings. The van der Waals surface area contributed by atoms with Crippen LogP contribution in [0.15, 0.2) is 60.7 Å². The van der Waals surface area contributed by atoms with Crippen LogP contribution in [0, 0.1) is 0 Å². The molecule has 0 amide bonds. The van der Waals surface area contributed by atoms with Crippen LogP contribution in [0.5, 0.6) is 0 Å². The molecule has 0 aromatic heterocycles. The second-order valence-corrected chi connectivity index (χ2v) is 6.24. The summed E-state index contributed by atoms with van der Waals surface area (Å²) in [4.78, 5) is 20.4. The van der Waals surface area contributed by atoms with Crippen molar-refractivity contribution in [3.05, 3.63) is 71.8 Å². The van der Waals surface area contributed by atoms with Crippen molar-refractivity contribution >= 4 is 23.5 Å². The van der Waals surface area contributed by atoms with Crippen LogP contribution >= 0.6 is 11.6 Å². The summed E-state index contributed by atoms with van der Waals surface area (Å²) in [5, 5.41) is 34.5. The Hall–Kier alpha value is -2.41. The number of hydrogen-bond donors (Lipinski definition) is 4. The Morgan fingerprint density at radius 1 is 0.750 bits per heavy atom. The molecule has 0 saturated carbocycles. The number of carboxylic acids is 2. The molecule has 7 heteroatoms. The quantitative estimate of drug-likeness (QED) is 0.537. The molecule has 0 aliphatic heterocycles. The van der Waals surface area contributed by atoms with Crippen molar-refractivity contribution in [2.45, 2.75) is 44.3 Å². The molecule has 0 heterocycles. The van der Waals surface area contributed by atoms with Gasteiger partial charge in [0, 0.05) is 0 Å². The highest BCUT2D eigenvalue weighted by Gasteiger charge is 2.21. The molecule has 4 N–H and O–H groups in total. The van der Waals surface area contributed by atoms with Crippen LogP contribution in [-0.2, 0) is 0 Å². The number of halogens is 1. The maximum absolute atomic E-state index is 10.2. The monoisotopic (exact) mass is 410 g/mol. The molecule has 0 spiro atoms. The number of carboxylic acid groups (broad SMARTS) is 2. The first kappa shape index (κ1) is 25.6. The van der Waals surface area contributed by atoms with E-state index in [1.54, 1.807) is 60.7 Å². The third-order valence-corrected chi connectivity index (χ3v) is 4.19. The minimum absolute atomic E-state index is 0.331. The summed E-state index contributed by atoms with van der Waals surface area (Å²) >= 11 is 5.68. The van der Waals surface area contributed by atoms with Gasteiger partial charge in [0.25, 0.3) is 0 Å². The van der Waals surface area contributed by atoms with Crippen molar-refractivity contribution in [2.24, 2.45) is 0 Å². The van der Waals surface area contributed by atoms with Crippen molar-refractivity contribution < 1.29 is 30.0 Å². The summed E-state index contributed by atoms with van der Waals surface area (Å²) < 4.78 is 0. The molecule has 0 bridgehead atoms. The molecule has 2 atom stereocenters. The van der Waals surface area contributed by atoms with Gasteiger partial charge in [-0.15, -0.1) is 11.6 Å². The molecule has 28 heavy (non-hydrogen) atoms. The molecule has 2 rings (SSSR count). The Morgan fingerprint density at radius 3 is 1.21 bits per heavy atom. The third kappa shape index (κ3) is 10.7. The average Bonchev–Trinajstić information content (AvgIpc) is 2.74. The summed E-state index contributed by atoms with van der Waals surface area (Å²) in [6.07, 6.45) is 0.00410. The maximum atomic E-state index is 10.2. The number of rotatable bonds is 6. The van der Waals surface area contributed by atoms with E-state index in [0.717, 1.165) is 0 Å². The standard InChI is InChI=1S/C7H15ClO2.2C7H6O2/c1-3-5(9)7(8)6(10)4-2;2*8-7(9)6-4-2-1-3-5-6/h5-7,9-10H,3-4H2,1-2H3;2*1-5H,(H,8,9). The highest BCUT2D eigenvalue weighted by molar-refractivity contribution is 6.21. The van der Waals surface area contributed by atoms with Crippen LogP contribution in [0.4, 0.5) is 0 Å². The normalized spacial score (nSPS) is 12.9. The number of carbonyl (C=O) groups is 2. The molecule has 0 radical (unpaired) electrons. The number of aliphatic hydroxyl groups excluding tert-OH is 2. The predicted molar refractivity (Wildman–Crippen MR) is 109 cm³/mol. The van der Waals surface area contributed by atoms with Crippen molar-refractivity contribution in [3.8, 4) is 0 Å². The fourth-order valence-corrected chi connectivity index (χ4v) is 2.22. The zero-order chi connectivity index (χ0) is 21.5. The van der Waals surface area contributed by atoms with Gasteiger partial charge in [-0.05, 0) is 37.1 Å². The number of alkyl halides is 1. The van der Waals surface area contributed by atoms with Crippen molar-refractivity contribution in [1.29, 1.82) is 0 Å². The Morgan fingerprint density at radius 2 is 1.04 bits per heavy atom. The number of hydrogen-bond acceptors (Lipinski definition) is 4. The van der Waals surface area contributed by atoms with Crippen LogP contribution in [0.3, 0.4) is 0 Å². The fourth-order valence-electron chi connectivity index (χ4n) is 1.87. The van der Waals surface area contributed by atoms with Gasteiger partial charge in [0.2, 0.25) is 0 Å². The summed E-state index contributed by atoms with van der Waals surface area (Å²) in [5.41, 5.74) is 0.662. The molecule has 6 nitrogen and oxygen atoms in total. The van der Waals surface area contributed by atoms with Gasteiger partial charge in [0.15, 0.2) is 0 Å². The number of aliphatic hydroxyl groups is 2. The first-order chi connectivity index (χ1) is 13.2. The predicted octanol–water partition coefficient (Wildman–Crippen LogP) is 3.91. The van der Waals surface area contributed by atoms with E-state index in [4.69, 9.17) is 32.0 Å². The Bertz CT molecular complexity index is 618. The maximum Gasteiger partial charge on any atom is 0.335 e. The smallest absolute Gasteiger partial charge is 0.335 e. The minimum atomic E-state index is -0.879. The van der Waals surface area contributed by atoms with E-state index < -0.39 is 29.5 Å². The van der Waals surface area contributed by atoms with E-state index >= 15 is 0 Å². The largest absolute Gasteiger partial charge is 0.478 e. The van der Waals surface area contributed by atoms with E-state index in [2.05, 4.69) is 0 Å². The lowest BCUT2D eigenvalue weighted by atomic mass is 10.1. The number of aromatic carboxylic acids is 2. The van der Waals surface area contributed by atoms with E-state index in [1.807, 2.05) is 13.8 Å². The van der Waals surface area contributed by atoms with E-state index in [-0.39, 0.29) is 0 Å². The molecule has 2 unspecified atom stereocenters. The summed E-state index contributed by atoms with van der Waals surface area (Å²) in [6, 6.07) is 16.6. The van der Waals surface area contributed by atoms with E-state index in [1.165, 1.54) is 0 Å². The lowest BCUT2D eigenvalue weighted by Gasteiger charge is -2.19. The highest BCUT2D eigenvalue weighted by Crippen LogP contribution is 2.13. The van der Waals surface area contributed by atoms with Gasteiger partial charge in [-0.2, -0.15) is 0 Å². The molecule has 2 aromatic carbocycles. The molecule has 154 valence electrons. The molecular weight excluding hydrogens is 384 g/mol. The fraction of sp³-hybridized carbons (Fsp3) is 0.333. The van der Waals surface area contributed by atoms with Crippen molar-refractivity contribution in [2.75, 3.05) is 0 Å². The lowest BCUT2D eigenvalue weighted by Crippen LogP contribution is -2.31. The van der Waals surface area contributed by atoms with E-state index in [0.29, 0.717) is 24.0 Å². The van der Waals surface area contributed by atoms with Crippen LogP contribution in [0.1, 0.15) is 47.4 Å². The van der Waals surface area contributed by atoms with Gasteiger partial charge in [0.1, 0.15) is 0 Å². The number of benzene rings is 2. The minimum Gasteiger partial charge on any atom is -0.478 e. The Labute approximate surface area is 170 Å². The third-order valence-electron chi connectivity index (χ3n) is 3.61. The van der Waals surface area contributed by atoms with Crippen LogP contribution < -0.4 is 0 Å². The summed E-state index contributed by atoms with van der Waals surface area (Å²) in [7, 11) is 0. The van der Waals surface area contributed by atoms with Crippen molar-refractivity contribution in [3.63, 3.8) is 0 Å². The van der Waals surface area contributed by atoms with Crippen LogP contribution in [0.2, 0.25) is 0 Å². The van der Waals surface area contributed by atoms with Gasteiger partial charge >= 0.3 is 11.9 Å². The van der Waals surface area contributed by atoms with Gasteiger partial charge in [-0.25, -0.2) is 9.59 Å². The second kappa shape index (κ2) is 14.6. The van der Waals surface area contributed by atoms with Gasteiger partial charge < -0.3 is 20.4 Å². The highest BCUT2D eigenvalue weighted by atomic mass is 35.5. The zero-order valence-electron chi connectivity index (χ0n) is 15.9. The first-order valence-electron chi connectivity index (χ1n) is 8.81. The average molecular weight is 411 g/mol. The molecular formula is C21H27ClO6. The molecule has 2 aromatic rings. The molecule has 0 saturated heterocycles. The van der Waals surface area contributed by atoms with Gasteiger partial charge in [-0.3, -0.25) is 0 Å². The van der Waals surface area contributed by atoms with Crippen LogP contribution in [-0.4, -0.2) is 49.9 Å². The Kier molecular flexibility index (Phi) is 13.4.